The molecule has 0 unspecified atom stereocenters. The number of hydrogen-bond donors (Lipinski definition) is 1. The van der Waals surface area contributed by atoms with Gasteiger partial charge in [-0.05, 0) is 12.3 Å². The van der Waals surface area contributed by atoms with Gasteiger partial charge in [-0.1, -0.05) is 38.5 Å². The summed E-state index contributed by atoms with van der Waals surface area (Å²) in [5, 5.41) is 8.38. The van der Waals surface area contributed by atoms with E-state index in [1.54, 1.807) is 6.08 Å². The number of carbonyl (C=O) groups is 1. The largest absolute Gasteiger partial charge is 0.478 e. The van der Waals surface area contributed by atoms with Gasteiger partial charge >= 0.3 is 5.97 Å². The summed E-state index contributed by atoms with van der Waals surface area (Å²) in [6, 6.07) is 0. The molecule has 0 aromatic rings. The van der Waals surface area contributed by atoms with Crippen molar-refractivity contribution in [3.8, 4) is 0 Å². The quantitative estimate of drug-likeness (QED) is 0.517. The molecule has 1 N–H and O–H groups in total. The number of aliphatic carboxylic acids is 1. The van der Waals surface area contributed by atoms with Crippen LogP contribution in [-0.2, 0) is 4.79 Å². The van der Waals surface area contributed by atoms with Gasteiger partial charge in [0.15, 0.2) is 0 Å². The number of carboxylic acid groups (broad SMARTS) is 1. The highest BCUT2D eigenvalue weighted by Crippen LogP contribution is 2.07. The van der Waals surface area contributed by atoms with Crippen LogP contribution in [0.15, 0.2) is 23.8 Å². The summed E-state index contributed by atoms with van der Waals surface area (Å²) in [6.07, 6.45) is 5.78. The maximum atomic E-state index is 10.2. The van der Waals surface area contributed by atoms with Crippen molar-refractivity contribution in [2.45, 2.75) is 27.2 Å². The molecule has 0 aliphatic carbocycles. The summed E-state index contributed by atoms with van der Waals surface area (Å²) in [4.78, 5) is 10.2. The zero-order valence-electron chi connectivity index (χ0n) is 7.87. The van der Waals surface area contributed by atoms with E-state index >= 15 is 0 Å². The molecule has 0 saturated carbocycles. The molecule has 0 fully saturated rings. The SMILES string of the molecule is CCC(/C=C/C(=O)O)=C\C(C)C. The first-order chi connectivity index (χ1) is 5.56. The molecule has 0 spiro atoms. The molecule has 0 aliphatic rings. The van der Waals surface area contributed by atoms with Crippen molar-refractivity contribution in [1.29, 1.82) is 0 Å². The predicted octanol–water partition coefficient (Wildman–Crippen LogP) is 2.62. The third-order valence-corrected chi connectivity index (χ3v) is 1.40. The molecule has 0 heterocycles. The van der Waals surface area contributed by atoms with Gasteiger partial charge < -0.3 is 5.11 Å². The highest BCUT2D eigenvalue weighted by Gasteiger charge is 1.92. The monoisotopic (exact) mass is 168 g/mol. The van der Waals surface area contributed by atoms with Gasteiger partial charge in [-0.3, -0.25) is 0 Å². The lowest BCUT2D eigenvalue weighted by molar-refractivity contribution is -0.131. The molecule has 0 atom stereocenters. The molecule has 0 rings (SSSR count). The second-order valence-electron chi connectivity index (χ2n) is 3.01. The molecular formula is C10H16O2. The maximum Gasteiger partial charge on any atom is 0.328 e. The van der Waals surface area contributed by atoms with E-state index in [9.17, 15) is 4.79 Å². The summed E-state index contributed by atoms with van der Waals surface area (Å²) in [5.41, 5.74) is 1.08. The first-order valence-corrected chi connectivity index (χ1v) is 4.18. The molecule has 0 aliphatic heterocycles. The summed E-state index contributed by atoms with van der Waals surface area (Å²) < 4.78 is 0. The second-order valence-corrected chi connectivity index (χ2v) is 3.01. The van der Waals surface area contributed by atoms with Gasteiger partial charge in [0.05, 0.1) is 0 Å². The molecule has 0 amide bonds. The van der Waals surface area contributed by atoms with Crippen molar-refractivity contribution in [2.24, 2.45) is 5.92 Å². The van der Waals surface area contributed by atoms with Gasteiger partial charge in [0, 0.05) is 6.08 Å². The van der Waals surface area contributed by atoms with Crippen LogP contribution >= 0.6 is 0 Å². The van der Waals surface area contributed by atoms with Crippen molar-refractivity contribution in [3.05, 3.63) is 23.8 Å². The molecule has 0 aromatic heterocycles. The Balaban J connectivity index is 4.27. The lowest BCUT2D eigenvalue weighted by atomic mass is 10.1. The maximum absolute atomic E-state index is 10.2. The van der Waals surface area contributed by atoms with Crippen molar-refractivity contribution in [2.75, 3.05) is 0 Å². The fourth-order valence-electron chi connectivity index (χ4n) is 0.898. The van der Waals surface area contributed by atoms with E-state index in [2.05, 4.69) is 19.9 Å². The van der Waals surface area contributed by atoms with E-state index in [1.807, 2.05) is 6.92 Å². The summed E-state index contributed by atoms with van der Waals surface area (Å²) >= 11 is 0. The Labute approximate surface area is 73.6 Å². The summed E-state index contributed by atoms with van der Waals surface area (Å²) in [6.45, 7) is 6.16. The zero-order valence-corrected chi connectivity index (χ0v) is 7.87. The van der Waals surface area contributed by atoms with Gasteiger partial charge in [-0.25, -0.2) is 4.79 Å². The normalized spacial score (nSPS) is 12.8. The Morgan fingerprint density at radius 1 is 1.42 bits per heavy atom. The van der Waals surface area contributed by atoms with Crippen LogP contribution in [0.2, 0.25) is 0 Å². The van der Waals surface area contributed by atoms with Gasteiger partial charge in [0.2, 0.25) is 0 Å². The van der Waals surface area contributed by atoms with Crippen LogP contribution in [0, 0.1) is 5.92 Å². The average Bonchev–Trinajstić information content (AvgIpc) is 1.97. The first kappa shape index (κ1) is 11.0. The van der Waals surface area contributed by atoms with E-state index in [0.29, 0.717) is 5.92 Å². The smallest absolute Gasteiger partial charge is 0.328 e. The summed E-state index contributed by atoms with van der Waals surface area (Å²) in [7, 11) is 0. The van der Waals surface area contributed by atoms with Crippen LogP contribution in [0.4, 0.5) is 0 Å². The highest BCUT2D eigenvalue weighted by molar-refractivity contribution is 5.80. The van der Waals surface area contributed by atoms with Gasteiger partial charge in [0.1, 0.15) is 0 Å². The number of carboxylic acids is 1. The Morgan fingerprint density at radius 3 is 2.33 bits per heavy atom. The average molecular weight is 168 g/mol. The Kier molecular flexibility index (Phi) is 5.09. The number of rotatable bonds is 4. The van der Waals surface area contributed by atoms with Crippen molar-refractivity contribution in [1.82, 2.24) is 0 Å². The van der Waals surface area contributed by atoms with Crippen LogP contribution in [0.1, 0.15) is 27.2 Å². The van der Waals surface area contributed by atoms with Crippen LogP contribution in [0.3, 0.4) is 0 Å². The van der Waals surface area contributed by atoms with Crippen molar-refractivity contribution < 1.29 is 9.90 Å². The topological polar surface area (TPSA) is 37.3 Å². The lowest BCUT2D eigenvalue weighted by Crippen LogP contribution is -1.88. The molecule has 0 saturated heterocycles. The highest BCUT2D eigenvalue weighted by atomic mass is 16.4. The lowest BCUT2D eigenvalue weighted by Gasteiger charge is -1.99. The van der Waals surface area contributed by atoms with E-state index in [1.165, 1.54) is 6.08 Å². The van der Waals surface area contributed by atoms with Crippen molar-refractivity contribution >= 4 is 5.97 Å². The van der Waals surface area contributed by atoms with E-state index in [4.69, 9.17) is 5.11 Å². The molecular weight excluding hydrogens is 152 g/mol. The fourth-order valence-corrected chi connectivity index (χ4v) is 0.898. The Hall–Kier alpha value is -1.05. The molecule has 2 heteroatoms. The molecule has 0 bridgehead atoms. The van der Waals surface area contributed by atoms with Crippen LogP contribution in [-0.4, -0.2) is 11.1 Å². The summed E-state index contributed by atoms with van der Waals surface area (Å²) in [5.74, 6) is -0.420. The minimum Gasteiger partial charge on any atom is -0.478 e. The second kappa shape index (κ2) is 5.58. The minimum atomic E-state index is -0.891. The minimum absolute atomic E-state index is 0.471. The number of allylic oxidation sites excluding steroid dienone is 3. The Morgan fingerprint density at radius 2 is 2.00 bits per heavy atom. The molecule has 0 aromatic carbocycles. The van der Waals surface area contributed by atoms with Crippen LogP contribution < -0.4 is 0 Å². The predicted molar refractivity (Wildman–Crippen MR) is 50.0 cm³/mol. The molecule has 0 radical (unpaired) electrons. The van der Waals surface area contributed by atoms with Gasteiger partial charge in [0.25, 0.3) is 0 Å². The number of hydrogen-bond acceptors (Lipinski definition) is 1. The Bertz CT molecular complexity index is 200. The third kappa shape index (κ3) is 5.71. The van der Waals surface area contributed by atoms with E-state index in [0.717, 1.165) is 12.0 Å². The molecule has 68 valence electrons. The third-order valence-electron chi connectivity index (χ3n) is 1.40. The van der Waals surface area contributed by atoms with E-state index < -0.39 is 5.97 Å². The van der Waals surface area contributed by atoms with Gasteiger partial charge in [-0.2, -0.15) is 0 Å². The van der Waals surface area contributed by atoms with Crippen LogP contribution in [0.25, 0.3) is 0 Å². The molecule has 12 heavy (non-hydrogen) atoms. The fraction of sp³-hybridized carbons (Fsp3) is 0.500. The van der Waals surface area contributed by atoms with Gasteiger partial charge in [-0.15, -0.1) is 0 Å². The zero-order chi connectivity index (χ0) is 9.56. The standard InChI is InChI=1S/C10H16O2/c1-4-9(7-8(2)3)5-6-10(11)12/h5-8H,4H2,1-3H3,(H,11,12)/b6-5+,9-7+. The van der Waals surface area contributed by atoms with Crippen molar-refractivity contribution in [3.63, 3.8) is 0 Å². The molecule has 2 nitrogen and oxygen atoms in total. The van der Waals surface area contributed by atoms with E-state index in [-0.39, 0.29) is 0 Å². The first-order valence-electron chi connectivity index (χ1n) is 4.18. The van der Waals surface area contributed by atoms with Crippen LogP contribution in [0.5, 0.6) is 0 Å².